The van der Waals surface area contributed by atoms with Gasteiger partial charge in [0, 0.05) is 21.0 Å². The maximum absolute atomic E-state index is 2.74. The van der Waals surface area contributed by atoms with Gasteiger partial charge in [-0.15, -0.1) is 0 Å². The van der Waals surface area contributed by atoms with E-state index < -0.39 is 0 Å². The van der Waals surface area contributed by atoms with Crippen LogP contribution in [0.5, 0.6) is 0 Å². The SMILES string of the molecule is C1CCC(C2CCCC3C2SC2C(C4CCCCC4)CCCC2C32C3CCCCC3SC3CCCCC32)CC1. The molecule has 1 spiro atoms. The topological polar surface area (TPSA) is 0 Å². The van der Waals surface area contributed by atoms with Gasteiger partial charge in [-0.3, -0.25) is 0 Å². The van der Waals surface area contributed by atoms with Crippen LogP contribution in [0.4, 0.5) is 0 Å². The molecule has 10 unspecified atom stereocenters. The summed E-state index contributed by atoms with van der Waals surface area (Å²) in [5.74, 6) is 8.70. The van der Waals surface area contributed by atoms with Crippen molar-refractivity contribution < 1.29 is 0 Å². The van der Waals surface area contributed by atoms with E-state index in [2.05, 4.69) is 23.5 Å². The Hall–Kier alpha value is 0.700. The molecule has 2 heteroatoms. The summed E-state index contributed by atoms with van der Waals surface area (Å²) in [4.78, 5) is 0. The van der Waals surface area contributed by atoms with Crippen molar-refractivity contribution in [2.24, 2.45) is 52.8 Å². The van der Waals surface area contributed by atoms with Gasteiger partial charge < -0.3 is 0 Å². The molecule has 2 aliphatic heterocycles. The van der Waals surface area contributed by atoms with Gasteiger partial charge in [0.25, 0.3) is 0 Å². The minimum Gasteiger partial charge on any atom is -0.155 e. The van der Waals surface area contributed by atoms with E-state index in [-0.39, 0.29) is 0 Å². The molecule has 220 valence electrons. The van der Waals surface area contributed by atoms with E-state index in [0.29, 0.717) is 0 Å². The summed E-state index contributed by atoms with van der Waals surface area (Å²) in [5, 5.41) is 4.15. The zero-order valence-corrected chi connectivity index (χ0v) is 26.8. The van der Waals surface area contributed by atoms with E-state index in [1.807, 2.05) is 0 Å². The highest BCUT2D eigenvalue weighted by Crippen LogP contribution is 2.74. The van der Waals surface area contributed by atoms with Crippen LogP contribution >= 0.6 is 23.5 Å². The predicted octanol–water partition coefficient (Wildman–Crippen LogP) is 11.3. The molecular weight excluding hydrogens is 509 g/mol. The van der Waals surface area contributed by atoms with Crippen LogP contribution in [0, 0.1) is 52.8 Å². The third-order valence-corrected chi connectivity index (χ3v) is 18.7. The van der Waals surface area contributed by atoms with Gasteiger partial charge in [-0.05, 0) is 104 Å². The molecule has 0 radical (unpaired) electrons. The van der Waals surface area contributed by atoms with Crippen molar-refractivity contribution in [2.75, 3.05) is 0 Å². The van der Waals surface area contributed by atoms with Crippen molar-refractivity contribution >= 4 is 23.5 Å². The molecule has 2 saturated heterocycles. The van der Waals surface area contributed by atoms with Crippen LogP contribution in [0.3, 0.4) is 0 Å². The summed E-state index contributed by atoms with van der Waals surface area (Å²) < 4.78 is 0. The van der Waals surface area contributed by atoms with Crippen LogP contribution < -0.4 is 0 Å². The first kappa shape index (κ1) is 27.3. The summed E-state index contributed by atoms with van der Waals surface area (Å²) >= 11 is 5.34. The second kappa shape index (κ2) is 11.7. The Bertz CT molecular complexity index is 759. The van der Waals surface area contributed by atoms with Crippen LogP contribution in [0.25, 0.3) is 0 Å². The maximum atomic E-state index is 2.74. The number of fused-ring (bicyclic) bond motifs is 8. The molecule has 10 atom stereocenters. The predicted molar refractivity (Wildman–Crippen MR) is 171 cm³/mol. The van der Waals surface area contributed by atoms with Crippen molar-refractivity contribution in [2.45, 2.75) is 175 Å². The third-order valence-electron chi connectivity index (χ3n) is 14.9. The van der Waals surface area contributed by atoms with Crippen molar-refractivity contribution in [3.63, 3.8) is 0 Å². The fourth-order valence-corrected chi connectivity index (χ4v) is 18.5. The zero-order chi connectivity index (χ0) is 25.8. The summed E-state index contributed by atoms with van der Waals surface area (Å²) in [5.41, 5.74) is 0.739. The quantitative estimate of drug-likeness (QED) is 0.325. The molecule has 0 aromatic rings. The van der Waals surface area contributed by atoms with Gasteiger partial charge >= 0.3 is 0 Å². The normalized spacial score (nSPS) is 51.4. The first-order valence-electron chi connectivity index (χ1n) is 18.7. The molecule has 6 aliphatic carbocycles. The Balaban J connectivity index is 1.25. The van der Waals surface area contributed by atoms with Gasteiger partial charge in [-0.2, -0.15) is 23.5 Å². The Kier molecular flexibility index (Phi) is 8.15. The number of hydrogen-bond donors (Lipinski definition) is 0. The van der Waals surface area contributed by atoms with E-state index in [4.69, 9.17) is 0 Å². The van der Waals surface area contributed by atoms with Crippen LogP contribution in [0.2, 0.25) is 0 Å². The summed E-state index contributed by atoms with van der Waals surface area (Å²) in [6.45, 7) is 0. The van der Waals surface area contributed by atoms with Crippen LogP contribution in [-0.2, 0) is 0 Å². The number of thioether (sulfide) groups is 2. The van der Waals surface area contributed by atoms with E-state index in [0.717, 1.165) is 73.8 Å². The lowest BCUT2D eigenvalue weighted by Gasteiger charge is -2.71. The highest BCUT2D eigenvalue weighted by Gasteiger charge is 2.68. The van der Waals surface area contributed by atoms with Gasteiger partial charge in [-0.25, -0.2) is 0 Å². The van der Waals surface area contributed by atoms with Crippen molar-refractivity contribution in [3.8, 4) is 0 Å². The van der Waals surface area contributed by atoms with Gasteiger partial charge in [0.15, 0.2) is 0 Å². The minimum atomic E-state index is 0.739. The fourth-order valence-electron chi connectivity index (χ4n) is 13.7. The van der Waals surface area contributed by atoms with E-state index in [1.54, 1.807) is 141 Å². The van der Waals surface area contributed by atoms with Gasteiger partial charge in [-0.1, -0.05) is 103 Å². The number of rotatable bonds is 2. The van der Waals surface area contributed by atoms with E-state index in [1.165, 1.54) is 12.8 Å². The summed E-state index contributed by atoms with van der Waals surface area (Å²) in [6, 6.07) is 0. The Morgan fingerprint density at radius 1 is 0.333 bits per heavy atom. The lowest BCUT2D eigenvalue weighted by molar-refractivity contribution is -0.127. The molecule has 0 aromatic heterocycles. The lowest BCUT2D eigenvalue weighted by atomic mass is 9.42. The second-order valence-corrected chi connectivity index (χ2v) is 19.1. The average Bonchev–Trinajstić information content (AvgIpc) is 3.01. The van der Waals surface area contributed by atoms with E-state index >= 15 is 0 Å². The van der Waals surface area contributed by atoms with Crippen LogP contribution in [-0.4, -0.2) is 21.0 Å². The molecule has 0 aromatic carbocycles. The van der Waals surface area contributed by atoms with Crippen LogP contribution in [0.15, 0.2) is 0 Å². The molecule has 39 heavy (non-hydrogen) atoms. The third kappa shape index (κ3) is 4.58. The highest BCUT2D eigenvalue weighted by atomic mass is 32.2. The van der Waals surface area contributed by atoms with Crippen molar-refractivity contribution in [1.82, 2.24) is 0 Å². The standard InChI is InChI=1S/C37H60S2/c1-3-13-25(14-4-1)27-17-11-21-31-35(27)39-36-28(26-15-5-2-6-16-26)18-12-22-32(36)37(31)29-19-7-9-23-33(29)38-34-24-10-8-20-30(34)37/h25-36H,1-24H2. The van der Waals surface area contributed by atoms with Crippen LogP contribution in [0.1, 0.15) is 154 Å². The Morgan fingerprint density at radius 2 is 0.744 bits per heavy atom. The Morgan fingerprint density at radius 3 is 1.23 bits per heavy atom. The van der Waals surface area contributed by atoms with Gasteiger partial charge in [0.05, 0.1) is 0 Å². The molecule has 8 fully saturated rings. The highest BCUT2D eigenvalue weighted by molar-refractivity contribution is 8.01. The van der Waals surface area contributed by atoms with E-state index in [9.17, 15) is 0 Å². The van der Waals surface area contributed by atoms with Gasteiger partial charge in [0.2, 0.25) is 0 Å². The minimum absolute atomic E-state index is 0.739. The van der Waals surface area contributed by atoms with Crippen molar-refractivity contribution in [1.29, 1.82) is 0 Å². The average molecular weight is 569 g/mol. The lowest BCUT2D eigenvalue weighted by Crippen LogP contribution is -2.68. The summed E-state index contributed by atoms with van der Waals surface area (Å²) in [6.07, 6.45) is 38.0. The molecule has 6 saturated carbocycles. The molecule has 8 aliphatic rings. The largest absolute Gasteiger partial charge is 0.155 e. The Labute approximate surface area is 250 Å². The molecule has 8 rings (SSSR count). The maximum Gasteiger partial charge on any atom is 0.0115 e. The molecular formula is C37H60S2. The molecule has 2 heterocycles. The first-order chi connectivity index (χ1) is 19.4. The smallest absolute Gasteiger partial charge is 0.0115 e. The zero-order valence-electron chi connectivity index (χ0n) is 25.2. The first-order valence-corrected chi connectivity index (χ1v) is 20.5. The monoisotopic (exact) mass is 568 g/mol. The fraction of sp³-hybridized carbons (Fsp3) is 1.00. The van der Waals surface area contributed by atoms with Gasteiger partial charge in [0.1, 0.15) is 0 Å². The molecule has 0 amide bonds. The molecule has 0 N–H and O–H groups in total. The second-order valence-electron chi connectivity index (χ2n) is 16.3. The number of hydrogen-bond acceptors (Lipinski definition) is 2. The van der Waals surface area contributed by atoms with Crippen molar-refractivity contribution in [3.05, 3.63) is 0 Å². The molecule has 0 nitrogen and oxygen atoms in total. The summed E-state index contributed by atoms with van der Waals surface area (Å²) in [7, 11) is 0. The molecule has 0 bridgehead atoms.